The van der Waals surface area contributed by atoms with Crippen LogP contribution in [0.2, 0.25) is 0 Å². The van der Waals surface area contributed by atoms with Gasteiger partial charge in [0.15, 0.2) is 0 Å². The number of esters is 2. The Bertz CT molecular complexity index is 653. The zero-order valence-electron chi connectivity index (χ0n) is 28.5. The Hall–Kier alpha value is -1.43. The molecule has 0 saturated heterocycles. The summed E-state index contributed by atoms with van der Waals surface area (Å²) in [6.45, 7) is 4.58. The topological polar surface area (TPSA) is 107 Å². The van der Waals surface area contributed by atoms with Gasteiger partial charge in [-0.15, -0.1) is 0 Å². The zero-order valence-corrected chi connectivity index (χ0v) is 28.5. The molecule has 6 nitrogen and oxygen atoms in total. The first-order chi connectivity index (χ1) is 20.9. The lowest BCUT2D eigenvalue weighted by Crippen LogP contribution is -2.34. The van der Waals surface area contributed by atoms with Crippen molar-refractivity contribution in [2.75, 3.05) is 0 Å². The average molecular weight is 610 g/mol. The highest BCUT2D eigenvalue weighted by Crippen LogP contribution is 2.25. The van der Waals surface area contributed by atoms with Crippen LogP contribution in [0.1, 0.15) is 206 Å². The summed E-state index contributed by atoms with van der Waals surface area (Å²) in [5.41, 5.74) is 5.58. The molecule has 0 radical (unpaired) electrons. The minimum Gasteiger partial charge on any atom is -0.481 e. The minimum atomic E-state index is -1.06. The molecule has 2 atom stereocenters. The SMILES string of the molecule is CCCCCCCCCCCCC(CCCCCCCC)CCCCCCCCCCC(=O)OC(=O)C(N)CCC(=O)O. The van der Waals surface area contributed by atoms with Crippen LogP contribution in [0.5, 0.6) is 0 Å². The summed E-state index contributed by atoms with van der Waals surface area (Å²) in [6.07, 6.45) is 36.0. The highest BCUT2D eigenvalue weighted by Gasteiger charge is 2.19. The molecule has 0 saturated carbocycles. The summed E-state index contributed by atoms with van der Waals surface area (Å²) in [5.74, 6) is -1.49. The maximum atomic E-state index is 11.8. The lowest BCUT2D eigenvalue weighted by molar-refractivity contribution is -0.160. The average Bonchev–Trinajstić information content (AvgIpc) is 2.98. The van der Waals surface area contributed by atoms with Crippen molar-refractivity contribution in [1.29, 1.82) is 0 Å². The quantitative estimate of drug-likeness (QED) is 0.0435. The molecule has 3 N–H and O–H groups in total. The lowest BCUT2D eigenvalue weighted by atomic mass is 9.89. The lowest BCUT2D eigenvalue weighted by Gasteiger charge is -2.17. The number of hydrogen-bond acceptors (Lipinski definition) is 5. The molecule has 0 aromatic carbocycles. The van der Waals surface area contributed by atoms with Crippen LogP contribution in [-0.2, 0) is 19.1 Å². The second-order valence-corrected chi connectivity index (χ2v) is 13.1. The summed E-state index contributed by atoms with van der Waals surface area (Å²) < 4.78 is 4.75. The molecule has 0 aliphatic heterocycles. The number of nitrogens with two attached hydrogens (primary N) is 1. The fraction of sp³-hybridized carbons (Fsp3) is 0.919. The van der Waals surface area contributed by atoms with Crippen LogP contribution in [0.15, 0.2) is 0 Å². The first-order valence-corrected chi connectivity index (χ1v) is 18.6. The van der Waals surface area contributed by atoms with Crippen LogP contribution in [0.25, 0.3) is 0 Å². The molecule has 0 aliphatic rings. The van der Waals surface area contributed by atoms with Crippen molar-refractivity contribution in [1.82, 2.24) is 0 Å². The van der Waals surface area contributed by atoms with E-state index < -0.39 is 23.9 Å². The monoisotopic (exact) mass is 610 g/mol. The Balaban J connectivity index is 3.92. The summed E-state index contributed by atoms with van der Waals surface area (Å²) in [4.78, 5) is 34.1. The number of aliphatic carboxylic acids is 1. The second kappa shape index (κ2) is 32.0. The summed E-state index contributed by atoms with van der Waals surface area (Å²) >= 11 is 0. The third kappa shape index (κ3) is 30.4. The van der Waals surface area contributed by atoms with Crippen molar-refractivity contribution in [3.63, 3.8) is 0 Å². The van der Waals surface area contributed by atoms with E-state index in [4.69, 9.17) is 15.6 Å². The molecule has 0 bridgehead atoms. The number of carboxylic acids is 1. The first-order valence-electron chi connectivity index (χ1n) is 18.6. The number of carbonyl (C=O) groups is 3. The van der Waals surface area contributed by atoms with Gasteiger partial charge < -0.3 is 15.6 Å². The highest BCUT2D eigenvalue weighted by atomic mass is 16.6. The maximum absolute atomic E-state index is 11.8. The number of rotatable bonds is 33. The fourth-order valence-corrected chi connectivity index (χ4v) is 5.97. The van der Waals surface area contributed by atoms with Gasteiger partial charge in [-0.1, -0.05) is 181 Å². The van der Waals surface area contributed by atoms with E-state index in [0.717, 1.165) is 18.8 Å². The molecule has 2 unspecified atom stereocenters. The van der Waals surface area contributed by atoms with Crippen LogP contribution in [0.4, 0.5) is 0 Å². The molecule has 0 aromatic heterocycles. The van der Waals surface area contributed by atoms with Gasteiger partial charge in [0.2, 0.25) is 0 Å². The van der Waals surface area contributed by atoms with E-state index in [0.29, 0.717) is 6.42 Å². The summed E-state index contributed by atoms with van der Waals surface area (Å²) in [7, 11) is 0. The molecule has 0 heterocycles. The van der Waals surface area contributed by atoms with E-state index in [1.54, 1.807) is 0 Å². The fourth-order valence-electron chi connectivity index (χ4n) is 5.97. The Morgan fingerprint density at radius 2 is 0.860 bits per heavy atom. The van der Waals surface area contributed by atoms with E-state index in [1.165, 1.54) is 154 Å². The van der Waals surface area contributed by atoms with E-state index in [-0.39, 0.29) is 19.3 Å². The molecule has 6 heteroatoms. The zero-order chi connectivity index (χ0) is 31.8. The van der Waals surface area contributed by atoms with Gasteiger partial charge in [-0.3, -0.25) is 9.59 Å². The Morgan fingerprint density at radius 1 is 0.512 bits per heavy atom. The van der Waals surface area contributed by atoms with E-state index in [1.807, 2.05) is 0 Å². The van der Waals surface area contributed by atoms with Crippen LogP contribution in [0, 0.1) is 5.92 Å². The summed E-state index contributed by atoms with van der Waals surface area (Å²) in [5, 5.41) is 8.65. The van der Waals surface area contributed by atoms with Gasteiger partial charge in [-0.25, -0.2) is 4.79 Å². The molecule has 43 heavy (non-hydrogen) atoms. The first kappa shape index (κ1) is 41.6. The maximum Gasteiger partial charge on any atom is 0.330 e. The smallest absolute Gasteiger partial charge is 0.330 e. The van der Waals surface area contributed by atoms with Gasteiger partial charge in [-0.2, -0.15) is 0 Å². The van der Waals surface area contributed by atoms with Gasteiger partial charge in [0.05, 0.1) is 0 Å². The molecule has 0 fully saturated rings. The largest absolute Gasteiger partial charge is 0.481 e. The van der Waals surface area contributed by atoms with Crippen molar-refractivity contribution in [3.8, 4) is 0 Å². The Labute approximate surface area is 266 Å². The van der Waals surface area contributed by atoms with E-state index in [2.05, 4.69) is 13.8 Å². The molecular formula is C37H71NO5. The number of carboxylic acid groups (broad SMARTS) is 1. The molecule has 0 spiro atoms. The number of hydrogen-bond donors (Lipinski definition) is 2. The Kier molecular flexibility index (Phi) is 30.9. The highest BCUT2D eigenvalue weighted by molar-refractivity contribution is 5.88. The molecule has 0 aliphatic carbocycles. The van der Waals surface area contributed by atoms with Gasteiger partial charge in [-0.05, 0) is 18.8 Å². The molecule has 0 aromatic rings. The third-order valence-corrected chi connectivity index (χ3v) is 8.86. The molecular weight excluding hydrogens is 538 g/mol. The number of carbonyl (C=O) groups excluding carboxylic acids is 2. The van der Waals surface area contributed by atoms with Gasteiger partial charge in [0, 0.05) is 12.8 Å². The van der Waals surface area contributed by atoms with Crippen LogP contribution < -0.4 is 5.73 Å². The van der Waals surface area contributed by atoms with E-state index in [9.17, 15) is 14.4 Å². The van der Waals surface area contributed by atoms with Crippen molar-refractivity contribution >= 4 is 17.9 Å². The number of unbranched alkanes of at least 4 members (excludes halogenated alkanes) is 21. The van der Waals surface area contributed by atoms with Crippen molar-refractivity contribution in [3.05, 3.63) is 0 Å². The molecule has 0 rings (SSSR count). The van der Waals surface area contributed by atoms with Crippen molar-refractivity contribution in [2.24, 2.45) is 11.7 Å². The van der Waals surface area contributed by atoms with Gasteiger partial charge >= 0.3 is 17.9 Å². The second-order valence-electron chi connectivity index (χ2n) is 13.1. The standard InChI is InChI=1S/C37H71NO5/c1-3-5-7-9-11-12-13-16-20-24-28-33(27-23-19-10-8-6-4-2)29-25-21-17-14-15-18-22-26-30-36(41)43-37(42)34(38)31-32-35(39)40/h33-34H,3-32,38H2,1-2H3,(H,39,40). The Morgan fingerprint density at radius 3 is 1.23 bits per heavy atom. The number of ether oxygens (including phenoxy) is 1. The van der Waals surface area contributed by atoms with Crippen molar-refractivity contribution < 1.29 is 24.2 Å². The molecule has 254 valence electrons. The summed E-state index contributed by atoms with van der Waals surface area (Å²) in [6, 6.07) is -1.06. The third-order valence-electron chi connectivity index (χ3n) is 8.86. The van der Waals surface area contributed by atoms with Crippen molar-refractivity contribution in [2.45, 2.75) is 213 Å². The minimum absolute atomic E-state index is 0.0272. The normalized spacial score (nSPS) is 12.7. The van der Waals surface area contributed by atoms with Gasteiger partial charge in [0.25, 0.3) is 0 Å². The predicted molar refractivity (Wildman–Crippen MR) is 180 cm³/mol. The van der Waals surface area contributed by atoms with E-state index >= 15 is 0 Å². The molecule has 0 amide bonds. The predicted octanol–water partition coefficient (Wildman–Crippen LogP) is 10.8. The van der Waals surface area contributed by atoms with Gasteiger partial charge in [0.1, 0.15) is 6.04 Å². The van der Waals surface area contributed by atoms with Crippen LogP contribution in [0.3, 0.4) is 0 Å². The van der Waals surface area contributed by atoms with Crippen LogP contribution >= 0.6 is 0 Å². The van der Waals surface area contributed by atoms with Crippen LogP contribution in [-0.4, -0.2) is 29.1 Å².